The number of methoxy groups -OCH3 is 1. The van der Waals surface area contributed by atoms with E-state index in [2.05, 4.69) is 11.5 Å². The van der Waals surface area contributed by atoms with Gasteiger partial charge in [-0.25, -0.2) is 4.39 Å². The van der Waals surface area contributed by atoms with E-state index in [4.69, 9.17) is 4.74 Å². The maximum atomic E-state index is 14.2. The summed E-state index contributed by atoms with van der Waals surface area (Å²) < 4.78 is 21.6. The number of hydrogen-bond acceptors (Lipinski definition) is 2. The van der Waals surface area contributed by atoms with Crippen molar-refractivity contribution >= 4 is 5.91 Å². The van der Waals surface area contributed by atoms with Crippen molar-refractivity contribution in [2.45, 2.75) is 32.9 Å². The zero-order valence-corrected chi connectivity index (χ0v) is 17.0. The number of rotatable bonds is 9. The highest BCUT2D eigenvalue weighted by molar-refractivity contribution is 5.94. The van der Waals surface area contributed by atoms with Gasteiger partial charge in [-0.2, -0.15) is 0 Å². The van der Waals surface area contributed by atoms with Gasteiger partial charge in [0.25, 0.3) is 5.91 Å². The summed E-state index contributed by atoms with van der Waals surface area (Å²) in [7, 11) is 1.65. The first-order valence-corrected chi connectivity index (χ1v) is 9.93. The second-order valence-corrected chi connectivity index (χ2v) is 7.04. The molecule has 0 saturated carbocycles. The Morgan fingerprint density at radius 2 is 1.93 bits per heavy atom. The lowest BCUT2D eigenvalue weighted by Gasteiger charge is -2.24. The van der Waals surface area contributed by atoms with E-state index >= 15 is 0 Å². The highest BCUT2D eigenvalue weighted by Gasteiger charge is 2.20. The predicted molar refractivity (Wildman–Crippen MR) is 113 cm³/mol. The number of carbonyl (C=O) groups is 1. The fourth-order valence-corrected chi connectivity index (χ4v) is 3.32. The monoisotopic (exact) mass is 394 g/mol. The van der Waals surface area contributed by atoms with Crippen LogP contribution in [0.3, 0.4) is 0 Å². The van der Waals surface area contributed by atoms with Crippen LogP contribution in [0, 0.1) is 5.82 Å². The predicted octanol–water partition coefficient (Wildman–Crippen LogP) is 5.13. The van der Waals surface area contributed by atoms with Crippen LogP contribution < -0.4 is 4.74 Å². The Labute approximate surface area is 171 Å². The summed E-state index contributed by atoms with van der Waals surface area (Å²) in [6.07, 6.45) is 3.84. The molecule has 1 amide bonds. The lowest BCUT2D eigenvalue weighted by atomic mass is 10.1. The smallest absolute Gasteiger partial charge is 0.257 e. The molecule has 0 fully saturated rings. The van der Waals surface area contributed by atoms with E-state index < -0.39 is 5.82 Å². The van der Waals surface area contributed by atoms with E-state index in [0.29, 0.717) is 19.6 Å². The van der Waals surface area contributed by atoms with E-state index in [9.17, 15) is 9.18 Å². The molecule has 0 aliphatic rings. The van der Waals surface area contributed by atoms with Gasteiger partial charge in [0.1, 0.15) is 11.6 Å². The van der Waals surface area contributed by atoms with Gasteiger partial charge < -0.3 is 14.2 Å². The van der Waals surface area contributed by atoms with Crippen LogP contribution in [0.25, 0.3) is 0 Å². The zero-order chi connectivity index (χ0) is 20.6. The minimum Gasteiger partial charge on any atom is -0.497 e. The Balaban J connectivity index is 1.81. The van der Waals surface area contributed by atoms with E-state index in [0.717, 1.165) is 29.8 Å². The first-order chi connectivity index (χ1) is 14.1. The summed E-state index contributed by atoms with van der Waals surface area (Å²) in [6, 6.07) is 18.1. The van der Waals surface area contributed by atoms with Crippen molar-refractivity contribution in [1.29, 1.82) is 0 Å². The van der Waals surface area contributed by atoms with Crippen LogP contribution in [0.5, 0.6) is 5.75 Å². The quantitative estimate of drug-likeness (QED) is 0.504. The molecular formula is C24H27FN2O2. The van der Waals surface area contributed by atoms with Crippen molar-refractivity contribution in [3.63, 3.8) is 0 Å². The molecule has 152 valence electrons. The molecule has 1 heterocycles. The van der Waals surface area contributed by atoms with Gasteiger partial charge in [0.15, 0.2) is 0 Å². The van der Waals surface area contributed by atoms with E-state index in [-0.39, 0.29) is 11.5 Å². The third kappa shape index (κ3) is 5.25. The summed E-state index contributed by atoms with van der Waals surface area (Å²) in [4.78, 5) is 14.7. The molecule has 0 bridgehead atoms. The Morgan fingerprint density at radius 1 is 1.10 bits per heavy atom. The molecule has 0 aliphatic carbocycles. The van der Waals surface area contributed by atoms with Gasteiger partial charge >= 0.3 is 0 Å². The topological polar surface area (TPSA) is 34.5 Å². The SMILES string of the molecule is CCCCN(Cc1cccn1Cc1cccc(OC)c1)C(=O)c1ccccc1F. The van der Waals surface area contributed by atoms with Crippen LogP contribution in [-0.2, 0) is 13.1 Å². The van der Waals surface area contributed by atoms with Crippen LogP contribution in [0.4, 0.5) is 4.39 Å². The lowest BCUT2D eigenvalue weighted by Crippen LogP contribution is -2.33. The summed E-state index contributed by atoms with van der Waals surface area (Å²) in [6.45, 7) is 3.78. The van der Waals surface area contributed by atoms with Crippen molar-refractivity contribution in [3.05, 3.63) is 89.5 Å². The van der Waals surface area contributed by atoms with Gasteiger partial charge in [-0.3, -0.25) is 4.79 Å². The lowest BCUT2D eigenvalue weighted by molar-refractivity contribution is 0.0732. The summed E-state index contributed by atoms with van der Waals surface area (Å²) >= 11 is 0. The molecule has 0 atom stereocenters. The van der Waals surface area contributed by atoms with E-state index in [1.54, 1.807) is 30.2 Å². The number of benzene rings is 2. The van der Waals surface area contributed by atoms with Gasteiger partial charge in [-0.1, -0.05) is 37.6 Å². The standard InChI is InChI=1S/C24H27FN2O2/c1-3-4-14-27(24(28)22-12-5-6-13-23(22)25)18-20-10-8-15-26(20)17-19-9-7-11-21(16-19)29-2/h5-13,15-16H,3-4,14,17-18H2,1-2H3. The van der Waals surface area contributed by atoms with Crippen LogP contribution >= 0.6 is 0 Å². The molecule has 2 aromatic carbocycles. The summed E-state index contributed by atoms with van der Waals surface area (Å²) in [5, 5.41) is 0. The Kier molecular flexibility index (Phi) is 7.06. The molecule has 0 spiro atoms. The molecule has 29 heavy (non-hydrogen) atoms. The second kappa shape index (κ2) is 9.92. The fraction of sp³-hybridized carbons (Fsp3) is 0.292. The fourth-order valence-electron chi connectivity index (χ4n) is 3.32. The van der Waals surface area contributed by atoms with Gasteiger partial charge in [0.05, 0.1) is 19.2 Å². The highest BCUT2D eigenvalue weighted by Crippen LogP contribution is 2.18. The molecule has 5 heteroatoms. The largest absolute Gasteiger partial charge is 0.497 e. The number of ether oxygens (including phenoxy) is 1. The van der Waals surface area contributed by atoms with Crippen LogP contribution in [0.2, 0.25) is 0 Å². The van der Waals surface area contributed by atoms with Gasteiger partial charge in [-0.05, 0) is 48.4 Å². The van der Waals surface area contributed by atoms with Gasteiger partial charge in [0, 0.05) is 25.0 Å². The van der Waals surface area contributed by atoms with Crippen LogP contribution in [0.1, 0.15) is 41.4 Å². The molecule has 0 N–H and O–H groups in total. The Bertz CT molecular complexity index is 951. The Hall–Kier alpha value is -3.08. The number of carbonyl (C=O) groups excluding carboxylic acids is 1. The van der Waals surface area contributed by atoms with Crippen LogP contribution in [-0.4, -0.2) is 29.0 Å². The second-order valence-electron chi connectivity index (χ2n) is 7.04. The normalized spacial score (nSPS) is 10.7. The molecular weight excluding hydrogens is 367 g/mol. The third-order valence-corrected chi connectivity index (χ3v) is 4.94. The van der Waals surface area contributed by atoms with E-state index in [1.807, 2.05) is 42.6 Å². The molecule has 0 unspecified atom stereocenters. The molecule has 0 saturated heterocycles. The average molecular weight is 394 g/mol. The van der Waals surface area contributed by atoms with Crippen molar-refractivity contribution in [3.8, 4) is 5.75 Å². The number of hydrogen-bond donors (Lipinski definition) is 0. The molecule has 3 rings (SSSR count). The molecule has 0 radical (unpaired) electrons. The average Bonchev–Trinajstić information content (AvgIpc) is 3.17. The number of aromatic nitrogens is 1. The highest BCUT2D eigenvalue weighted by atomic mass is 19.1. The van der Waals surface area contributed by atoms with Gasteiger partial charge in [-0.15, -0.1) is 0 Å². The van der Waals surface area contributed by atoms with Crippen molar-refractivity contribution in [1.82, 2.24) is 9.47 Å². The number of nitrogens with zero attached hydrogens (tertiary/aromatic N) is 2. The van der Waals surface area contributed by atoms with E-state index in [1.165, 1.54) is 6.07 Å². The summed E-state index contributed by atoms with van der Waals surface area (Å²) in [5.74, 6) is 0.0620. The molecule has 1 aromatic heterocycles. The molecule has 0 aliphatic heterocycles. The minimum atomic E-state index is -0.481. The van der Waals surface area contributed by atoms with Gasteiger partial charge in [0.2, 0.25) is 0 Å². The number of halogens is 1. The maximum Gasteiger partial charge on any atom is 0.257 e. The first kappa shape index (κ1) is 20.6. The zero-order valence-electron chi connectivity index (χ0n) is 17.0. The Morgan fingerprint density at radius 3 is 2.69 bits per heavy atom. The van der Waals surface area contributed by atoms with Crippen molar-refractivity contribution in [2.75, 3.05) is 13.7 Å². The van der Waals surface area contributed by atoms with Crippen molar-refractivity contribution in [2.24, 2.45) is 0 Å². The van der Waals surface area contributed by atoms with Crippen molar-refractivity contribution < 1.29 is 13.9 Å². The molecule has 4 nitrogen and oxygen atoms in total. The number of amides is 1. The first-order valence-electron chi connectivity index (χ1n) is 9.93. The maximum absolute atomic E-state index is 14.2. The third-order valence-electron chi connectivity index (χ3n) is 4.94. The van der Waals surface area contributed by atoms with Crippen LogP contribution in [0.15, 0.2) is 66.9 Å². The number of unbranched alkanes of at least 4 members (excludes halogenated alkanes) is 1. The minimum absolute atomic E-state index is 0.120. The summed E-state index contributed by atoms with van der Waals surface area (Å²) in [5.41, 5.74) is 2.24. The molecule has 3 aromatic rings.